The normalized spacial score (nSPS) is 33.7. The summed E-state index contributed by atoms with van der Waals surface area (Å²) in [5, 5.41) is 15.2. The summed E-state index contributed by atoms with van der Waals surface area (Å²) in [6.45, 7) is 11.0. The predicted molar refractivity (Wildman–Crippen MR) is 135 cm³/mol. The molecule has 0 aliphatic heterocycles. The highest BCUT2D eigenvalue weighted by atomic mass is 16.6. The van der Waals surface area contributed by atoms with Gasteiger partial charge in [-0.05, 0) is 106 Å². The molecule has 4 bridgehead atoms. The average Bonchev–Trinajstić information content (AvgIpc) is 3.48. The first-order valence-corrected chi connectivity index (χ1v) is 13.2. The second-order valence-corrected chi connectivity index (χ2v) is 13.5. The van der Waals surface area contributed by atoms with Crippen LogP contribution in [0.5, 0.6) is 0 Å². The molecule has 0 aromatic heterocycles. The van der Waals surface area contributed by atoms with Crippen molar-refractivity contribution in [1.82, 2.24) is 10.6 Å². The first-order chi connectivity index (χ1) is 16.9. The van der Waals surface area contributed by atoms with E-state index in [-0.39, 0.29) is 22.5 Å². The molecule has 4 saturated carbocycles. The maximum Gasteiger partial charge on any atom is 0.408 e. The van der Waals surface area contributed by atoms with Gasteiger partial charge in [-0.1, -0.05) is 0 Å². The van der Waals surface area contributed by atoms with Gasteiger partial charge in [0.1, 0.15) is 11.2 Å². The van der Waals surface area contributed by atoms with Gasteiger partial charge in [-0.3, -0.25) is 9.59 Å². The van der Waals surface area contributed by atoms with E-state index in [1.165, 1.54) is 7.11 Å². The molecule has 4 aliphatic rings. The van der Waals surface area contributed by atoms with Crippen LogP contribution in [-0.2, 0) is 23.8 Å². The Morgan fingerprint density at radius 1 is 0.649 bits per heavy atom. The lowest BCUT2D eigenvalue weighted by Crippen LogP contribution is -2.47. The fourth-order valence-corrected chi connectivity index (χ4v) is 6.58. The monoisotopic (exact) mass is 524 g/mol. The number of rotatable bonds is 4. The lowest BCUT2D eigenvalue weighted by atomic mass is 9.84. The lowest BCUT2D eigenvalue weighted by molar-refractivity contribution is -0.152. The van der Waals surface area contributed by atoms with Gasteiger partial charge in [0.05, 0.1) is 17.9 Å². The second kappa shape index (κ2) is 9.66. The molecular formula is C27H44N2O8. The number of fused-ring (bicyclic) bond motifs is 4. The topological polar surface area (TPSA) is 140 Å². The summed E-state index contributed by atoms with van der Waals surface area (Å²) < 4.78 is 15.4. The predicted octanol–water partition coefficient (Wildman–Crippen LogP) is 4.69. The van der Waals surface area contributed by atoms with Crippen LogP contribution in [0.15, 0.2) is 0 Å². The van der Waals surface area contributed by atoms with Crippen molar-refractivity contribution in [2.75, 3.05) is 7.11 Å². The molecule has 0 saturated heterocycles. The summed E-state index contributed by atoms with van der Waals surface area (Å²) in [6, 6.07) is 0. The molecule has 0 aromatic rings. The highest BCUT2D eigenvalue weighted by molar-refractivity contribution is 5.79. The molecule has 10 heteroatoms. The number of aliphatic carboxylic acids is 1. The lowest BCUT2D eigenvalue weighted by Gasteiger charge is -2.29. The van der Waals surface area contributed by atoms with Crippen LogP contribution in [0.3, 0.4) is 0 Å². The third-order valence-corrected chi connectivity index (χ3v) is 8.29. The van der Waals surface area contributed by atoms with Crippen molar-refractivity contribution in [2.24, 2.45) is 10.8 Å². The molecule has 0 radical (unpaired) electrons. The summed E-state index contributed by atoms with van der Waals surface area (Å²) in [7, 11) is 1.43. The molecule has 37 heavy (non-hydrogen) atoms. The highest BCUT2D eigenvalue weighted by Gasteiger charge is 2.60. The SMILES string of the molecule is CC(C)(C)OC(=O)NC12CCC(C(=O)O)(CC1)C2.COC(=O)C12CCC(NC(=O)OC(C)(C)C)(CC1)C2. The first-order valence-electron chi connectivity index (χ1n) is 13.2. The van der Waals surface area contributed by atoms with Crippen molar-refractivity contribution >= 4 is 24.1 Å². The standard InChI is InChI=1S/C14H23NO4.C13H21NO4/c1-12(2,3)19-11(17)15-14-7-5-13(9-14,6-8-14)10(16)18-4;1-11(2,3)18-10(17)14-13-6-4-12(8-13,5-7-13)9(15)16/h5-9H2,1-4H3,(H,15,17);4-8H2,1-3H3,(H,14,17)(H,15,16). The van der Waals surface area contributed by atoms with Crippen LogP contribution >= 0.6 is 0 Å². The van der Waals surface area contributed by atoms with Gasteiger partial charge in [0.15, 0.2) is 0 Å². The minimum atomic E-state index is -0.729. The first kappa shape index (κ1) is 29.0. The molecule has 210 valence electrons. The van der Waals surface area contributed by atoms with Gasteiger partial charge in [0.2, 0.25) is 0 Å². The van der Waals surface area contributed by atoms with Crippen molar-refractivity contribution in [3.8, 4) is 0 Å². The summed E-state index contributed by atoms with van der Waals surface area (Å²) in [5.41, 5.74) is -2.67. The Bertz CT molecular complexity index is 914. The third-order valence-electron chi connectivity index (χ3n) is 8.29. The molecular weight excluding hydrogens is 480 g/mol. The van der Waals surface area contributed by atoms with Crippen LogP contribution in [-0.4, -0.2) is 58.6 Å². The van der Waals surface area contributed by atoms with E-state index in [4.69, 9.17) is 14.2 Å². The van der Waals surface area contributed by atoms with Crippen molar-refractivity contribution in [3.05, 3.63) is 0 Å². The molecule has 0 unspecified atom stereocenters. The van der Waals surface area contributed by atoms with Crippen molar-refractivity contribution in [2.45, 2.75) is 128 Å². The van der Waals surface area contributed by atoms with E-state index in [1.54, 1.807) is 0 Å². The summed E-state index contributed by atoms with van der Waals surface area (Å²) in [5.74, 6) is -0.870. The molecule has 3 N–H and O–H groups in total. The number of carboxylic acid groups (broad SMARTS) is 1. The molecule has 4 rings (SSSR count). The Labute approximate surface area is 219 Å². The number of esters is 1. The summed E-state index contributed by atoms with van der Waals surface area (Å²) >= 11 is 0. The van der Waals surface area contributed by atoms with Crippen LogP contribution in [0.1, 0.15) is 106 Å². The van der Waals surface area contributed by atoms with E-state index >= 15 is 0 Å². The number of methoxy groups -OCH3 is 1. The van der Waals surface area contributed by atoms with E-state index in [2.05, 4.69) is 10.6 Å². The zero-order valence-electron chi connectivity index (χ0n) is 23.4. The number of hydrogen-bond acceptors (Lipinski definition) is 7. The Morgan fingerprint density at radius 3 is 1.30 bits per heavy atom. The molecule has 2 amide bonds. The minimum absolute atomic E-state index is 0.141. The molecule has 0 heterocycles. The van der Waals surface area contributed by atoms with Crippen molar-refractivity contribution in [1.29, 1.82) is 0 Å². The average molecular weight is 525 g/mol. The van der Waals surface area contributed by atoms with Crippen molar-refractivity contribution in [3.63, 3.8) is 0 Å². The number of carboxylic acids is 1. The summed E-state index contributed by atoms with van der Waals surface area (Å²) in [6.07, 6.45) is 6.36. The van der Waals surface area contributed by atoms with Gasteiger partial charge in [0.25, 0.3) is 0 Å². The minimum Gasteiger partial charge on any atom is -0.481 e. The Morgan fingerprint density at radius 2 is 1.00 bits per heavy atom. The zero-order chi connectivity index (χ0) is 27.9. The quantitative estimate of drug-likeness (QED) is 0.355. The largest absolute Gasteiger partial charge is 0.481 e. The fourth-order valence-electron chi connectivity index (χ4n) is 6.58. The Kier molecular flexibility index (Phi) is 7.58. The van der Waals surface area contributed by atoms with E-state index in [0.29, 0.717) is 25.7 Å². The van der Waals surface area contributed by atoms with Crippen LogP contribution in [0, 0.1) is 10.8 Å². The smallest absolute Gasteiger partial charge is 0.408 e. The highest BCUT2D eigenvalue weighted by Crippen LogP contribution is 2.57. The number of alkyl carbamates (subject to hydrolysis) is 2. The van der Waals surface area contributed by atoms with E-state index in [9.17, 15) is 24.3 Å². The van der Waals surface area contributed by atoms with Gasteiger partial charge in [-0.25, -0.2) is 9.59 Å². The maximum absolute atomic E-state index is 11.9. The molecule has 0 atom stereocenters. The fraction of sp³-hybridized carbons (Fsp3) is 0.852. The molecule has 10 nitrogen and oxygen atoms in total. The van der Waals surface area contributed by atoms with Crippen molar-refractivity contribution < 1.29 is 38.5 Å². The maximum atomic E-state index is 11.9. The number of ether oxygens (including phenoxy) is 3. The van der Waals surface area contributed by atoms with Crippen LogP contribution in [0.4, 0.5) is 9.59 Å². The van der Waals surface area contributed by atoms with E-state index < -0.39 is 34.8 Å². The molecule has 0 spiro atoms. The van der Waals surface area contributed by atoms with E-state index in [1.807, 2.05) is 41.5 Å². The molecule has 4 fully saturated rings. The second-order valence-electron chi connectivity index (χ2n) is 13.5. The number of hydrogen-bond donors (Lipinski definition) is 3. The Balaban J connectivity index is 0.000000206. The van der Waals surface area contributed by atoms with Gasteiger partial charge < -0.3 is 30.0 Å². The van der Waals surface area contributed by atoms with Gasteiger partial charge >= 0.3 is 24.1 Å². The van der Waals surface area contributed by atoms with Crippen LogP contribution < -0.4 is 10.6 Å². The van der Waals surface area contributed by atoms with Crippen LogP contribution in [0.2, 0.25) is 0 Å². The van der Waals surface area contributed by atoms with Gasteiger partial charge in [-0.15, -0.1) is 0 Å². The summed E-state index contributed by atoms with van der Waals surface area (Å²) in [4.78, 5) is 46.9. The van der Waals surface area contributed by atoms with Crippen LogP contribution in [0.25, 0.3) is 0 Å². The molecule has 4 aliphatic carbocycles. The van der Waals surface area contributed by atoms with Gasteiger partial charge in [0, 0.05) is 11.1 Å². The number of amides is 2. The number of nitrogens with one attached hydrogen (secondary N) is 2. The molecule has 0 aromatic carbocycles. The zero-order valence-corrected chi connectivity index (χ0v) is 23.4. The number of carbonyl (C=O) groups is 4. The van der Waals surface area contributed by atoms with E-state index in [0.717, 1.165) is 38.5 Å². The number of carbonyl (C=O) groups excluding carboxylic acids is 3. The third kappa shape index (κ3) is 6.49. The van der Waals surface area contributed by atoms with Gasteiger partial charge in [-0.2, -0.15) is 0 Å². The Hall–Kier alpha value is -2.52.